The van der Waals surface area contributed by atoms with E-state index in [9.17, 15) is 19.7 Å². The molecule has 8 heteroatoms. The lowest BCUT2D eigenvalue weighted by atomic mass is 10.1. The van der Waals surface area contributed by atoms with E-state index in [-0.39, 0.29) is 17.7 Å². The molecule has 0 fully saturated rings. The van der Waals surface area contributed by atoms with E-state index in [0.717, 1.165) is 0 Å². The van der Waals surface area contributed by atoms with E-state index in [0.29, 0.717) is 11.4 Å². The number of hydrogen-bond donors (Lipinski definition) is 1. The number of para-hydroxylation sites is 3. The van der Waals surface area contributed by atoms with Gasteiger partial charge >= 0.3 is 5.97 Å². The first-order valence-corrected chi connectivity index (χ1v) is 7.32. The Hall–Kier alpha value is -3.42. The number of ether oxygens (including phenoxy) is 2. The quantitative estimate of drug-likeness (QED) is 0.469. The number of amides is 1. The Morgan fingerprint density at radius 3 is 2.52 bits per heavy atom. The average Bonchev–Trinajstić information content (AvgIpc) is 2.60. The highest BCUT2D eigenvalue weighted by atomic mass is 16.6. The summed E-state index contributed by atoms with van der Waals surface area (Å²) in [5, 5.41) is 13.5. The zero-order chi connectivity index (χ0) is 18.2. The van der Waals surface area contributed by atoms with Crippen molar-refractivity contribution in [2.45, 2.75) is 6.42 Å². The van der Waals surface area contributed by atoms with E-state index in [1.165, 1.54) is 25.3 Å². The number of benzene rings is 2. The van der Waals surface area contributed by atoms with Crippen LogP contribution in [0, 0.1) is 10.1 Å². The molecule has 0 aliphatic carbocycles. The van der Waals surface area contributed by atoms with Gasteiger partial charge in [-0.2, -0.15) is 0 Å². The predicted octanol–water partition coefficient (Wildman–Crippen LogP) is 2.33. The Kier molecular flexibility index (Phi) is 6.05. The standard InChI is InChI=1S/C17H16N2O6/c1-24-15-9-5-3-7-13(15)18-16(20)11-25-17(21)10-12-6-2-4-8-14(12)19(22)23/h2-9H,10-11H2,1H3,(H,18,20). The van der Waals surface area contributed by atoms with Crippen molar-refractivity contribution in [3.05, 3.63) is 64.2 Å². The van der Waals surface area contributed by atoms with Crippen molar-refractivity contribution in [3.8, 4) is 5.75 Å². The molecule has 0 heterocycles. The van der Waals surface area contributed by atoms with Crippen LogP contribution in [0.5, 0.6) is 5.75 Å². The second-order valence-corrected chi connectivity index (χ2v) is 4.97. The number of nitrogens with one attached hydrogen (secondary N) is 1. The Morgan fingerprint density at radius 2 is 1.80 bits per heavy atom. The molecule has 0 saturated carbocycles. The lowest BCUT2D eigenvalue weighted by molar-refractivity contribution is -0.385. The molecule has 0 spiro atoms. The van der Waals surface area contributed by atoms with Crippen molar-refractivity contribution in [1.82, 2.24) is 0 Å². The van der Waals surface area contributed by atoms with Crippen LogP contribution in [0.3, 0.4) is 0 Å². The summed E-state index contributed by atoms with van der Waals surface area (Å²) in [6, 6.07) is 12.7. The minimum absolute atomic E-state index is 0.169. The first kappa shape index (κ1) is 17.9. The highest BCUT2D eigenvalue weighted by molar-refractivity contribution is 5.94. The molecule has 130 valence electrons. The third-order valence-corrected chi connectivity index (χ3v) is 3.27. The van der Waals surface area contributed by atoms with Crippen LogP contribution >= 0.6 is 0 Å². The van der Waals surface area contributed by atoms with Gasteiger partial charge in [-0.1, -0.05) is 30.3 Å². The number of methoxy groups -OCH3 is 1. The smallest absolute Gasteiger partial charge is 0.311 e. The highest BCUT2D eigenvalue weighted by Gasteiger charge is 2.17. The Bertz CT molecular complexity index is 790. The van der Waals surface area contributed by atoms with Crippen molar-refractivity contribution >= 4 is 23.3 Å². The summed E-state index contributed by atoms with van der Waals surface area (Å²) in [5.41, 5.74) is 0.505. The molecule has 0 unspecified atom stereocenters. The maximum Gasteiger partial charge on any atom is 0.311 e. The maximum atomic E-state index is 11.9. The summed E-state index contributed by atoms with van der Waals surface area (Å²) in [4.78, 5) is 34.0. The molecule has 0 atom stereocenters. The highest BCUT2D eigenvalue weighted by Crippen LogP contribution is 2.23. The second kappa shape index (κ2) is 8.44. The number of nitrogens with zero attached hydrogens (tertiary/aromatic N) is 1. The molecule has 0 aliphatic rings. The number of rotatable bonds is 7. The molecule has 2 aromatic carbocycles. The molecule has 0 aromatic heterocycles. The summed E-state index contributed by atoms with van der Waals surface area (Å²) < 4.78 is 9.97. The van der Waals surface area contributed by atoms with Crippen molar-refractivity contribution in [2.75, 3.05) is 19.0 Å². The molecular weight excluding hydrogens is 328 g/mol. The summed E-state index contributed by atoms with van der Waals surface area (Å²) >= 11 is 0. The number of hydrogen-bond acceptors (Lipinski definition) is 6. The van der Waals surface area contributed by atoms with Gasteiger partial charge in [-0.05, 0) is 12.1 Å². The molecular formula is C17H16N2O6. The summed E-state index contributed by atoms with van der Waals surface area (Å²) in [6.45, 7) is -0.502. The van der Waals surface area contributed by atoms with Crippen molar-refractivity contribution in [1.29, 1.82) is 0 Å². The zero-order valence-corrected chi connectivity index (χ0v) is 13.4. The molecule has 25 heavy (non-hydrogen) atoms. The van der Waals surface area contributed by atoms with Gasteiger partial charge in [-0.15, -0.1) is 0 Å². The SMILES string of the molecule is COc1ccccc1NC(=O)COC(=O)Cc1ccccc1[N+](=O)[O-]. The Balaban J connectivity index is 1.90. The van der Waals surface area contributed by atoms with Crippen LogP contribution < -0.4 is 10.1 Å². The van der Waals surface area contributed by atoms with Gasteiger partial charge in [0.05, 0.1) is 24.1 Å². The van der Waals surface area contributed by atoms with Crippen LogP contribution in [0.4, 0.5) is 11.4 Å². The lowest BCUT2D eigenvalue weighted by Gasteiger charge is -2.10. The molecule has 0 aliphatic heterocycles. The number of carbonyl (C=O) groups is 2. The van der Waals surface area contributed by atoms with Crippen LogP contribution in [-0.4, -0.2) is 30.5 Å². The van der Waals surface area contributed by atoms with Gasteiger partial charge in [0.25, 0.3) is 11.6 Å². The van der Waals surface area contributed by atoms with Crippen LogP contribution in [0.25, 0.3) is 0 Å². The fraction of sp³-hybridized carbons (Fsp3) is 0.176. The molecule has 0 radical (unpaired) electrons. The fourth-order valence-corrected chi connectivity index (χ4v) is 2.13. The Labute approximate surface area is 143 Å². The van der Waals surface area contributed by atoms with Crippen molar-refractivity contribution in [3.63, 3.8) is 0 Å². The van der Waals surface area contributed by atoms with Gasteiger partial charge < -0.3 is 14.8 Å². The topological polar surface area (TPSA) is 108 Å². The van der Waals surface area contributed by atoms with Crippen molar-refractivity contribution in [2.24, 2.45) is 0 Å². The van der Waals surface area contributed by atoms with Gasteiger partial charge in [0, 0.05) is 11.6 Å². The normalized spacial score (nSPS) is 9.96. The summed E-state index contributed by atoms with van der Waals surface area (Å²) in [6.07, 6.45) is -0.293. The molecule has 2 rings (SSSR count). The molecule has 0 saturated heterocycles. The average molecular weight is 344 g/mol. The van der Waals surface area contributed by atoms with Gasteiger partial charge in [0.1, 0.15) is 5.75 Å². The third kappa shape index (κ3) is 5.03. The minimum atomic E-state index is -0.732. The molecule has 1 amide bonds. The predicted molar refractivity (Wildman–Crippen MR) is 89.4 cm³/mol. The number of esters is 1. The van der Waals surface area contributed by atoms with Crippen LogP contribution in [0.1, 0.15) is 5.56 Å². The molecule has 2 aromatic rings. The van der Waals surface area contributed by atoms with Gasteiger partial charge in [0.15, 0.2) is 6.61 Å². The molecule has 0 bridgehead atoms. The first-order chi connectivity index (χ1) is 12.0. The van der Waals surface area contributed by atoms with Crippen LogP contribution in [0.15, 0.2) is 48.5 Å². The first-order valence-electron chi connectivity index (χ1n) is 7.32. The molecule has 1 N–H and O–H groups in total. The third-order valence-electron chi connectivity index (χ3n) is 3.27. The van der Waals surface area contributed by atoms with Crippen LogP contribution in [0.2, 0.25) is 0 Å². The van der Waals surface area contributed by atoms with Crippen LogP contribution in [-0.2, 0) is 20.7 Å². The maximum absolute atomic E-state index is 11.9. The van der Waals surface area contributed by atoms with Gasteiger partial charge in [-0.25, -0.2) is 0 Å². The Morgan fingerprint density at radius 1 is 1.12 bits per heavy atom. The second-order valence-electron chi connectivity index (χ2n) is 4.97. The van der Waals surface area contributed by atoms with E-state index < -0.39 is 23.4 Å². The summed E-state index contributed by atoms with van der Waals surface area (Å²) in [7, 11) is 1.47. The van der Waals surface area contributed by atoms with Gasteiger partial charge in [0.2, 0.25) is 0 Å². The largest absolute Gasteiger partial charge is 0.495 e. The molecule has 8 nitrogen and oxygen atoms in total. The number of nitro groups is 1. The number of carbonyl (C=O) groups excluding carboxylic acids is 2. The number of nitro benzene ring substituents is 1. The van der Waals surface area contributed by atoms with E-state index in [1.807, 2.05) is 0 Å². The van der Waals surface area contributed by atoms with E-state index in [2.05, 4.69) is 5.32 Å². The number of anilines is 1. The van der Waals surface area contributed by atoms with Crippen molar-refractivity contribution < 1.29 is 24.0 Å². The lowest BCUT2D eigenvalue weighted by Crippen LogP contribution is -2.22. The zero-order valence-electron chi connectivity index (χ0n) is 13.4. The minimum Gasteiger partial charge on any atom is -0.495 e. The van der Waals surface area contributed by atoms with Gasteiger partial charge in [-0.3, -0.25) is 19.7 Å². The van der Waals surface area contributed by atoms with E-state index in [4.69, 9.17) is 9.47 Å². The van der Waals surface area contributed by atoms with E-state index >= 15 is 0 Å². The monoisotopic (exact) mass is 344 g/mol. The summed E-state index contributed by atoms with van der Waals surface area (Å²) in [5.74, 6) is -0.799. The van der Waals surface area contributed by atoms with E-state index in [1.54, 1.807) is 30.3 Å². The fourth-order valence-electron chi connectivity index (χ4n) is 2.13.